The summed E-state index contributed by atoms with van der Waals surface area (Å²) in [5.74, 6) is 2.43. The molecule has 0 saturated carbocycles. The van der Waals surface area contributed by atoms with Gasteiger partial charge in [0.1, 0.15) is 24.0 Å². The van der Waals surface area contributed by atoms with Crippen LogP contribution in [0, 0.1) is 20.8 Å². The summed E-state index contributed by atoms with van der Waals surface area (Å²) in [6.45, 7) is 27.8. The van der Waals surface area contributed by atoms with Gasteiger partial charge in [0, 0.05) is 40.5 Å². The molecule has 0 atom stereocenters. The smallest absolute Gasteiger partial charge is 0.138 e. The van der Waals surface area contributed by atoms with E-state index >= 15 is 0 Å². The number of hydrogen-bond donors (Lipinski definition) is 0. The molecule has 1 aliphatic heterocycles. The zero-order valence-electron chi connectivity index (χ0n) is 41.9. The maximum absolute atomic E-state index is 7.09. The number of rotatable bonds is 7. The van der Waals surface area contributed by atoms with E-state index in [2.05, 4.69) is 249 Å². The molecule has 68 heavy (non-hydrogen) atoms. The third-order valence-electron chi connectivity index (χ3n) is 13.8. The third-order valence-corrected chi connectivity index (χ3v) is 13.8. The highest BCUT2D eigenvalue weighted by atomic mass is 16.5. The van der Waals surface area contributed by atoms with E-state index in [1.54, 1.807) is 0 Å². The predicted octanol–water partition coefficient (Wildman–Crippen LogP) is 17.4. The van der Waals surface area contributed by atoms with E-state index in [1.165, 1.54) is 72.5 Å². The maximum Gasteiger partial charge on any atom is 0.138 e. The fraction of sp³-hybridized carbons (Fsp3) is 0.254. The van der Waals surface area contributed by atoms with Crippen molar-refractivity contribution in [1.82, 2.24) is 9.55 Å². The molecule has 1 aliphatic rings. The van der Waals surface area contributed by atoms with Crippen LogP contribution in [-0.4, -0.2) is 16.2 Å². The van der Waals surface area contributed by atoms with E-state index in [0.717, 1.165) is 45.0 Å². The number of nitrogens with zero attached hydrogens (tertiary/aromatic N) is 4. The summed E-state index contributed by atoms with van der Waals surface area (Å²) >= 11 is 0. The van der Waals surface area contributed by atoms with Crippen molar-refractivity contribution in [3.8, 4) is 39.6 Å². The van der Waals surface area contributed by atoms with E-state index in [-0.39, 0.29) is 16.2 Å². The van der Waals surface area contributed by atoms with Gasteiger partial charge in [-0.2, -0.15) is 0 Å². The molecule has 0 bridgehead atoms. The first-order chi connectivity index (χ1) is 32.3. The summed E-state index contributed by atoms with van der Waals surface area (Å²) in [4.78, 5) is 10.0. The van der Waals surface area contributed by atoms with Crippen LogP contribution in [0.1, 0.15) is 95.7 Å². The third kappa shape index (κ3) is 8.33. The summed E-state index contributed by atoms with van der Waals surface area (Å²) in [7, 11) is 0. The molecule has 5 nitrogen and oxygen atoms in total. The fourth-order valence-electron chi connectivity index (χ4n) is 10.1. The molecule has 0 fully saturated rings. The standard InChI is InChI=1S/C63H64N4O/c1-40-29-41(2)60(42(3)30-40)45-27-28-64-59(32-45)67-55-25-21-44(43-17-14-13-15-18-43)31-54(55)53-24-23-51(38-57(53)67)68-52-35-48(63(10,11)12)34-50(37-52)66-39-65(49-20-16-19-46(33-49)61(4,5)6)56-26-22-47(36-58(56)66)62(7,8)9/h13-38H,39H2,1-12H3. The fourth-order valence-corrected chi connectivity index (χ4v) is 10.1. The zero-order chi connectivity index (χ0) is 47.9. The highest BCUT2D eigenvalue weighted by Crippen LogP contribution is 2.48. The van der Waals surface area contributed by atoms with Gasteiger partial charge in [-0.3, -0.25) is 4.57 Å². The molecule has 5 heteroatoms. The molecule has 0 amide bonds. The highest BCUT2D eigenvalue weighted by Gasteiger charge is 2.32. The van der Waals surface area contributed by atoms with Crippen molar-refractivity contribution in [1.29, 1.82) is 0 Å². The van der Waals surface area contributed by atoms with Gasteiger partial charge in [-0.15, -0.1) is 0 Å². The molecule has 0 unspecified atom stereocenters. The van der Waals surface area contributed by atoms with Crippen LogP contribution >= 0.6 is 0 Å². The minimum atomic E-state index is -0.137. The van der Waals surface area contributed by atoms with E-state index < -0.39 is 0 Å². The lowest BCUT2D eigenvalue weighted by Crippen LogP contribution is -2.25. The molecule has 0 radical (unpaired) electrons. The van der Waals surface area contributed by atoms with Crippen LogP contribution in [0.4, 0.5) is 22.7 Å². The largest absolute Gasteiger partial charge is 0.457 e. The molecule has 0 spiro atoms. The molecule has 3 heterocycles. The first-order valence-electron chi connectivity index (χ1n) is 24.1. The Morgan fingerprint density at radius 2 is 1.15 bits per heavy atom. The van der Waals surface area contributed by atoms with Crippen molar-refractivity contribution < 1.29 is 4.74 Å². The normalized spacial score (nSPS) is 13.2. The lowest BCUT2D eigenvalue weighted by molar-refractivity contribution is 0.479. The second kappa shape index (κ2) is 16.6. The first-order valence-corrected chi connectivity index (χ1v) is 24.1. The summed E-state index contributed by atoms with van der Waals surface area (Å²) in [5.41, 5.74) is 19.1. The molecule has 7 aromatic carbocycles. The van der Waals surface area contributed by atoms with Crippen LogP contribution in [0.2, 0.25) is 0 Å². The lowest BCUT2D eigenvalue weighted by atomic mass is 9.86. The van der Waals surface area contributed by atoms with Crippen molar-refractivity contribution >= 4 is 44.6 Å². The SMILES string of the molecule is Cc1cc(C)c(-c2ccnc(-n3c4ccc(-c5ccccc5)cc4c4ccc(Oc5cc(N6CN(c7cccc(C(C)(C)C)c7)c7ccc(C(C)(C)C)cc76)cc(C(C)(C)C)c5)cc43)c2)c(C)c1. The monoisotopic (exact) mass is 893 g/mol. The average Bonchev–Trinajstić information content (AvgIpc) is 3.83. The second-order valence-electron chi connectivity index (χ2n) is 22.1. The van der Waals surface area contributed by atoms with Gasteiger partial charge in [0.2, 0.25) is 0 Å². The number of aromatic nitrogens is 2. The topological polar surface area (TPSA) is 33.5 Å². The Kier molecular flexibility index (Phi) is 10.9. The van der Waals surface area contributed by atoms with Crippen molar-refractivity contribution in [2.24, 2.45) is 0 Å². The van der Waals surface area contributed by atoms with Crippen molar-refractivity contribution in [2.75, 3.05) is 16.5 Å². The number of aryl methyl sites for hydroxylation is 3. The average molecular weight is 893 g/mol. The summed E-state index contributed by atoms with van der Waals surface area (Å²) in [6, 6.07) is 55.7. The number of fused-ring (bicyclic) bond motifs is 4. The minimum Gasteiger partial charge on any atom is -0.457 e. The van der Waals surface area contributed by atoms with Crippen LogP contribution < -0.4 is 14.5 Å². The van der Waals surface area contributed by atoms with Crippen LogP contribution in [0.5, 0.6) is 11.5 Å². The van der Waals surface area contributed by atoms with E-state index in [0.29, 0.717) is 6.67 Å². The number of anilines is 4. The van der Waals surface area contributed by atoms with Gasteiger partial charge in [-0.05, 0) is 160 Å². The van der Waals surface area contributed by atoms with Gasteiger partial charge < -0.3 is 14.5 Å². The molecule has 0 aliphatic carbocycles. The minimum absolute atomic E-state index is 0.0125. The number of ether oxygens (including phenoxy) is 1. The molecule has 10 rings (SSSR count). The summed E-state index contributed by atoms with van der Waals surface area (Å²) < 4.78 is 9.40. The van der Waals surface area contributed by atoms with Gasteiger partial charge in [-0.1, -0.05) is 135 Å². The van der Waals surface area contributed by atoms with Crippen LogP contribution in [-0.2, 0) is 16.2 Å². The van der Waals surface area contributed by atoms with E-state index in [1.807, 2.05) is 6.20 Å². The van der Waals surface area contributed by atoms with Crippen molar-refractivity contribution in [3.63, 3.8) is 0 Å². The molecule has 0 saturated heterocycles. The van der Waals surface area contributed by atoms with E-state index in [4.69, 9.17) is 9.72 Å². The Labute approximate surface area is 403 Å². The Morgan fingerprint density at radius 1 is 0.456 bits per heavy atom. The predicted molar refractivity (Wildman–Crippen MR) is 288 cm³/mol. The number of hydrogen-bond acceptors (Lipinski definition) is 4. The highest BCUT2D eigenvalue weighted by molar-refractivity contribution is 6.11. The molecule has 9 aromatic rings. The van der Waals surface area contributed by atoms with Crippen molar-refractivity contribution in [3.05, 3.63) is 191 Å². The first kappa shape index (κ1) is 44.7. The van der Waals surface area contributed by atoms with Gasteiger partial charge in [0.25, 0.3) is 0 Å². The molecule has 342 valence electrons. The Balaban J connectivity index is 1.11. The van der Waals surface area contributed by atoms with Crippen LogP contribution in [0.3, 0.4) is 0 Å². The van der Waals surface area contributed by atoms with Gasteiger partial charge in [0.05, 0.1) is 22.4 Å². The summed E-state index contributed by atoms with van der Waals surface area (Å²) in [5, 5.41) is 2.31. The molecular weight excluding hydrogens is 829 g/mol. The summed E-state index contributed by atoms with van der Waals surface area (Å²) in [6.07, 6.45) is 1.95. The molecule has 2 aromatic heterocycles. The Bertz CT molecular complexity index is 3370. The maximum atomic E-state index is 7.09. The zero-order valence-corrected chi connectivity index (χ0v) is 41.9. The van der Waals surface area contributed by atoms with Crippen LogP contribution in [0.15, 0.2) is 158 Å². The Morgan fingerprint density at radius 3 is 1.87 bits per heavy atom. The number of pyridine rings is 1. The number of benzene rings is 7. The second-order valence-corrected chi connectivity index (χ2v) is 22.1. The quantitative estimate of drug-likeness (QED) is 0.160. The van der Waals surface area contributed by atoms with Gasteiger partial charge >= 0.3 is 0 Å². The molecule has 0 N–H and O–H groups in total. The Hall–Kier alpha value is -7.11. The van der Waals surface area contributed by atoms with Gasteiger partial charge in [-0.25, -0.2) is 4.98 Å². The van der Waals surface area contributed by atoms with Gasteiger partial charge in [0.15, 0.2) is 0 Å². The molecular formula is C63H64N4O. The van der Waals surface area contributed by atoms with Crippen LogP contribution in [0.25, 0.3) is 49.9 Å². The van der Waals surface area contributed by atoms with E-state index in [9.17, 15) is 0 Å². The van der Waals surface area contributed by atoms with Crippen molar-refractivity contribution in [2.45, 2.75) is 99.3 Å². The lowest BCUT2D eigenvalue weighted by Gasteiger charge is -2.27.